The number of nitrogens with two attached hydrogens (primary N) is 1. The highest BCUT2D eigenvalue weighted by Gasteiger charge is 2.34. The molecule has 2 atom stereocenters. The molecule has 4 heteroatoms. The van der Waals surface area contributed by atoms with Crippen LogP contribution in [0.2, 0.25) is 5.02 Å². The van der Waals surface area contributed by atoms with Gasteiger partial charge in [-0.1, -0.05) is 17.7 Å². The topological polar surface area (TPSA) is 47.3 Å². The molecule has 1 aromatic rings. The number of nitrogens with one attached hydrogen (secondary N) is 1. The summed E-state index contributed by atoms with van der Waals surface area (Å²) in [4.78, 5) is 0. The SMILES string of the molecule is NCc1ccc(OC2CC3CCC(C2)N3)c(Cl)c1. The van der Waals surface area contributed by atoms with E-state index in [0.29, 0.717) is 29.8 Å². The summed E-state index contributed by atoms with van der Waals surface area (Å²) in [6.07, 6.45) is 5.04. The minimum atomic E-state index is 0.296. The van der Waals surface area contributed by atoms with E-state index in [-0.39, 0.29) is 0 Å². The molecule has 0 aromatic heterocycles. The molecule has 1 aromatic carbocycles. The Balaban J connectivity index is 1.69. The van der Waals surface area contributed by atoms with Crippen molar-refractivity contribution < 1.29 is 4.74 Å². The third-order valence-corrected chi connectivity index (χ3v) is 4.25. The van der Waals surface area contributed by atoms with Crippen molar-refractivity contribution in [3.05, 3.63) is 28.8 Å². The van der Waals surface area contributed by atoms with Crippen LogP contribution in [0, 0.1) is 0 Å². The van der Waals surface area contributed by atoms with Crippen LogP contribution in [0.15, 0.2) is 18.2 Å². The minimum Gasteiger partial charge on any atom is -0.489 e. The molecule has 0 spiro atoms. The highest BCUT2D eigenvalue weighted by molar-refractivity contribution is 6.32. The summed E-state index contributed by atoms with van der Waals surface area (Å²) < 4.78 is 6.05. The Morgan fingerprint density at radius 3 is 2.61 bits per heavy atom. The van der Waals surface area contributed by atoms with Crippen LogP contribution in [0.1, 0.15) is 31.2 Å². The van der Waals surface area contributed by atoms with Crippen LogP contribution < -0.4 is 15.8 Å². The lowest BCUT2D eigenvalue weighted by molar-refractivity contribution is 0.137. The molecule has 0 radical (unpaired) electrons. The van der Waals surface area contributed by atoms with Crippen molar-refractivity contribution in [1.82, 2.24) is 5.32 Å². The second kappa shape index (κ2) is 5.08. The Kier molecular flexibility index (Phi) is 3.46. The Bertz CT molecular complexity index is 426. The monoisotopic (exact) mass is 266 g/mol. The van der Waals surface area contributed by atoms with Gasteiger partial charge in [0.25, 0.3) is 0 Å². The number of fused-ring (bicyclic) bond motifs is 2. The lowest BCUT2D eigenvalue weighted by atomic mass is 10.0. The van der Waals surface area contributed by atoms with Crippen LogP contribution in [-0.2, 0) is 6.54 Å². The third kappa shape index (κ3) is 2.48. The molecule has 98 valence electrons. The molecule has 2 fully saturated rings. The first kappa shape index (κ1) is 12.3. The van der Waals surface area contributed by atoms with Crippen molar-refractivity contribution in [3.8, 4) is 5.75 Å². The maximum atomic E-state index is 6.22. The fraction of sp³-hybridized carbons (Fsp3) is 0.571. The van der Waals surface area contributed by atoms with Gasteiger partial charge in [0.2, 0.25) is 0 Å². The van der Waals surface area contributed by atoms with Gasteiger partial charge in [-0.25, -0.2) is 0 Å². The van der Waals surface area contributed by atoms with E-state index in [0.717, 1.165) is 24.2 Å². The zero-order valence-electron chi connectivity index (χ0n) is 10.4. The van der Waals surface area contributed by atoms with E-state index in [9.17, 15) is 0 Å². The van der Waals surface area contributed by atoms with Crippen molar-refractivity contribution in [2.75, 3.05) is 0 Å². The van der Waals surface area contributed by atoms with Gasteiger partial charge in [0.1, 0.15) is 11.9 Å². The number of ether oxygens (including phenoxy) is 1. The Hall–Kier alpha value is -0.770. The fourth-order valence-electron chi connectivity index (χ4n) is 3.05. The molecule has 3 nitrogen and oxygen atoms in total. The summed E-state index contributed by atoms with van der Waals surface area (Å²) in [7, 11) is 0. The summed E-state index contributed by atoms with van der Waals surface area (Å²) in [5.41, 5.74) is 6.63. The molecule has 2 saturated heterocycles. The second-order valence-electron chi connectivity index (χ2n) is 5.32. The molecule has 2 heterocycles. The maximum Gasteiger partial charge on any atom is 0.138 e. The van der Waals surface area contributed by atoms with Gasteiger partial charge in [0.15, 0.2) is 0 Å². The number of hydrogen-bond acceptors (Lipinski definition) is 3. The zero-order valence-corrected chi connectivity index (χ0v) is 11.1. The van der Waals surface area contributed by atoms with Crippen LogP contribution in [0.25, 0.3) is 0 Å². The molecular formula is C14H19ClN2O. The van der Waals surface area contributed by atoms with E-state index in [4.69, 9.17) is 22.1 Å². The summed E-state index contributed by atoms with van der Waals surface area (Å²) in [6, 6.07) is 7.09. The summed E-state index contributed by atoms with van der Waals surface area (Å²) in [5, 5.41) is 4.28. The van der Waals surface area contributed by atoms with Crippen molar-refractivity contribution >= 4 is 11.6 Å². The molecule has 2 unspecified atom stereocenters. The van der Waals surface area contributed by atoms with Gasteiger partial charge in [0.05, 0.1) is 5.02 Å². The van der Waals surface area contributed by atoms with Crippen LogP contribution in [0.4, 0.5) is 0 Å². The molecule has 0 aliphatic carbocycles. The van der Waals surface area contributed by atoms with Crippen molar-refractivity contribution in [3.63, 3.8) is 0 Å². The first-order chi connectivity index (χ1) is 8.74. The van der Waals surface area contributed by atoms with Crippen molar-refractivity contribution in [2.45, 2.75) is 50.4 Å². The molecule has 3 N–H and O–H groups in total. The number of piperidine rings is 1. The zero-order chi connectivity index (χ0) is 12.5. The molecule has 2 bridgehead atoms. The molecular weight excluding hydrogens is 248 g/mol. The van der Waals surface area contributed by atoms with Gasteiger partial charge in [0, 0.05) is 18.6 Å². The summed E-state index contributed by atoms with van der Waals surface area (Å²) >= 11 is 6.22. The maximum absolute atomic E-state index is 6.22. The predicted molar refractivity (Wildman–Crippen MR) is 72.9 cm³/mol. The van der Waals surface area contributed by atoms with Crippen molar-refractivity contribution in [2.24, 2.45) is 5.73 Å². The molecule has 0 amide bonds. The highest BCUT2D eigenvalue weighted by atomic mass is 35.5. The van der Waals surface area contributed by atoms with Gasteiger partial charge in [-0.3, -0.25) is 0 Å². The number of rotatable bonds is 3. The standard InChI is InChI=1S/C14H19ClN2O/c15-13-5-9(8-16)1-4-14(13)18-12-6-10-2-3-11(7-12)17-10/h1,4-5,10-12,17H,2-3,6-8,16H2. The van der Waals surface area contributed by atoms with Crippen molar-refractivity contribution in [1.29, 1.82) is 0 Å². The largest absolute Gasteiger partial charge is 0.489 e. The van der Waals surface area contributed by atoms with E-state index in [2.05, 4.69) is 5.32 Å². The molecule has 0 saturated carbocycles. The second-order valence-corrected chi connectivity index (χ2v) is 5.73. The fourth-order valence-corrected chi connectivity index (χ4v) is 3.30. The quantitative estimate of drug-likeness (QED) is 0.884. The normalized spacial score (nSPS) is 30.4. The number of hydrogen-bond donors (Lipinski definition) is 2. The first-order valence-corrected chi connectivity index (χ1v) is 7.03. The van der Waals surface area contributed by atoms with Gasteiger partial charge in [-0.05, 0) is 43.4 Å². The van der Waals surface area contributed by atoms with E-state index in [1.165, 1.54) is 12.8 Å². The van der Waals surface area contributed by atoms with Gasteiger partial charge in [-0.15, -0.1) is 0 Å². The summed E-state index contributed by atoms with van der Waals surface area (Å²) in [6.45, 7) is 0.511. The minimum absolute atomic E-state index is 0.296. The molecule has 3 rings (SSSR count). The van der Waals surface area contributed by atoms with Crippen LogP contribution in [0.3, 0.4) is 0 Å². The molecule has 2 aliphatic rings. The average molecular weight is 267 g/mol. The molecule has 18 heavy (non-hydrogen) atoms. The molecule has 2 aliphatic heterocycles. The van der Waals surface area contributed by atoms with E-state index in [1.54, 1.807) is 0 Å². The van der Waals surface area contributed by atoms with Crippen LogP contribution in [0.5, 0.6) is 5.75 Å². The van der Waals surface area contributed by atoms with Gasteiger partial charge < -0.3 is 15.8 Å². The number of benzene rings is 1. The smallest absolute Gasteiger partial charge is 0.138 e. The van der Waals surface area contributed by atoms with E-state index < -0.39 is 0 Å². The van der Waals surface area contributed by atoms with E-state index >= 15 is 0 Å². The van der Waals surface area contributed by atoms with E-state index in [1.807, 2.05) is 18.2 Å². The van der Waals surface area contributed by atoms with Gasteiger partial charge in [-0.2, -0.15) is 0 Å². The first-order valence-electron chi connectivity index (χ1n) is 6.66. The predicted octanol–water partition coefficient (Wildman–Crippen LogP) is 2.46. The van der Waals surface area contributed by atoms with Gasteiger partial charge >= 0.3 is 0 Å². The Morgan fingerprint density at radius 1 is 1.28 bits per heavy atom. The lowest BCUT2D eigenvalue weighted by Gasteiger charge is -2.29. The average Bonchev–Trinajstić information content (AvgIpc) is 2.71. The Morgan fingerprint density at radius 2 is 2.00 bits per heavy atom. The van der Waals surface area contributed by atoms with Crippen LogP contribution >= 0.6 is 11.6 Å². The Labute approximate surface area is 113 Å². The summed E-state index contributed by atoms with van der Waals surface area (Å²) in [5.74, 6) is 0.792. The highest BCUT2D eigenvalue weighted by Crippen LogP contribution is 2.32. The van der Waals surface area contributed by atoms with Crippen LogP contribution in [-0.4, -0.2) is 18.2 Å². The third-order valence-electron chi connectivity index (χ3n) is 3.96. The number of halogens is 1. The lowest BCUT2D eigenvalue weighted by Crippen LogP contribution is -2.42.